The lowest BCUT2D eigenvalue weighted by Gasteiger charge is -2.43. The highest BCUT2D eigenvalue weighted by atomic mass is 16.2. The summed E-state index contributed by atoms with van der Waals surface area (Å²) in [5.74, 6) is 0.253. The lowest BCUT2D eigenvalue weighted by Crippen LogP contribution is -2.60. The Morgan fingerprint density at radius 1 is 1.53 bits per heavy atom. The van der Waals surface area contributed by atoms with Crippen molar-refractivity contribution in [2.45, 2.75) is 38.8 Å². The number of hydrogen-bond donors (Lipinski definition) is 1. The zero-order chi connectivity index (χ0) is 11.4. The Morgan fingerprint density at radius 2 is 2.20 bits per heavy atom. The van der Waals surface area contributed by atoms with Gasteiger partial charge in [0.15, 0.2) is 0 Å². The van der Waals surface area contributed by atoms with Gasteiger partial charge in [-0.2, -0.15) is 0 Å². The van der Waals surface area contributed by atoms with Crippen LogP contribution in [-0.2, 0) is 4.79 Å². The zero-order valence-corrected chi connectivity index (χ0v) is 10.1. The predicted octanol–water partition coefficient (Wildman–Crippen LogP) is 0.276. The average Bonchev–Trinajstić information content (AvgIpc) is 2.21. The first kappa shape index (κ1) is 12.5. The maximum Gasteiger partial charge on any atom is 0.240 e. The summed E-state index contributed by atoms with van der Waals surface area (Å²) in [7, 11) is 2.02. The topological polar surface area (TPSA) is 49.6 Å². The van der Waals surface area contributed by atoms with Crippen LogP contribution in [0.25, 0.3) is 0 Å². The molecule has 0 aromatic rings. The number of nitrogens with zero attached hydrogens (tertiary/aromatic N) is 2. The molecule has 1 fully saturated rings. The molecule has 1 amide bonds. The summed E-state index contributed by atoms with van der Waals surface area (Å²) in [6.07, 6.45) is 1.79. The van der Waals surface area contributed by atoms with Gasteiger partial charge in [-0.3, -0.25) is 9.69 Å². The summed E-state index contributed by atoms with van der Waals surface area (Å²) in [6.45, 7) is 6.57. The van der Waals surface area contributed by atoms with E-state index in [2.05, 4.69) is 18.7 Å². The maximum absolute atomic E-state index is 12.1. The summed E-state index contributed by atoms with van der Waals surface area (Å²) in [4.78, 5) is 16.2. The van der Waals surface area contributed by atoms with Crippen molar-refractivity contribution in [1.29, 1.82) is 0 Å². The molecular formula is C11H23N3O. The highest BCUT2D eigenvalue weighted by Gasteiger charge is 2.35. The highest BCUT2D eigenvalue weighted by Crippen LogP contribution is 2.17. The molecule has 4 heteroatoms. The molecule has 1 aliphatic heterocycles. The molecule has 88 valence electrons. The third-order valence-corrected chi connectivity index (χ3v) is 3.20. The van der Waals surface area contributed by atoms with E-state index in [1.54, 1.807) is 0 Å². The average molecular weight is 213 g/mol. The summed E-state index contributed by atoms with van der Waals surface area (Å²) < 4.78 is 0. The standard InChI is InChI=1S/C11H23N3O/c1-4-7-14-8-9(2)13(3)10(5-6-12)11(14)15/h9-10H,4-8,12H2,1-3H3. The Labute approximate surface area is 92.4 Å². The van der Waals surface area contributed by atoms with E-state index in [0.717, 1.165) is 25.9 Å². The largest absolute Gasteiger partial charge is 0.340 e. The first-order valence-electron chi connectivity index (χ1n) is 5.82. The highest BCUT2D eigenvalue weighted by molar-refractivity contribution is 5.82. The molecule has 2 unspecified atom stereocenters. The van der Waals surface area contributed by atoms with Crippen LogP contribution in [0.1, 0.15) is 26.7 Å². The van der Waals surface area contributed by atoms with Gasteiger partial charge in [-0.25, -0.2) is 0 Å². The van der Waals surface area contributed by atoms with Crippen LogP contribution in [0.15, 0.2) is 0 Å². The summed E-state index contributed by atoms with van der Waals surface area (Å²) >= 11 is 0. The normalized spacial score (nSPS) is 28.5. The molecule has 15 heavy (non-hydrogen) atoms. The van der Waals surface area contributed by atoms with Crippen molar-refractivity contribution in [2.75, 3.05) is 26.7 Å². The number of carbonyl (C=O) groups is 1. The summed E-state index contributed by atoms with van der Waals surface area (Å²) in [5.41, 5.74) is 5.55. The molecule has 0 saturated carbocycles. The van der Waals surface area contributed by atoms with Gasteiger partial charge >= 0.3 is 0 Å². The predicted molar refractivity (Wildman–Crippen MR) is 61.6 cm³/mol. The second-order valence-electron chi connectivity index (χ2n) is 4.39. The van der Waals surface area contributed by atoms with Crippen molar-refractivity contribution in [3.8, 4) is 0 Å². The molecular weight excluding hydrogens is 190 g/mol. The monoisotopic (exact) mass is 213 g/mol. The van der Waals surface area contributed by atoms with Crippen molar-refractivity contribution in [3.05, 3.63) is 0 Å². The summed E-state index contributed by atoms with van der Waals surface area (Å²) in [6, 6.07) is 0.427. The smallest absolute Gasteiger partial charge is 0.240 e. The van der Waals surface area contributed by atoms with Gasteiger partial charge in [0.25, 0.3) is 0 Å². The quantitative estimate of drug-likeness (QED) is 0.729. The van der Waals surface area contributed by atoms with E-state index in [-0.39, 0.29) is 11.9 Å². The van der Waals surface area contributed by atoms with Crippen LogP contribution < -0.4 is 5.73 Å². The van der Waals surface area contributed by atoms with E-state index in [1.807, 2.05) is 11.9 Å². The lowest BCUT2D eigenvalue weighted by atomic mass is 10.0. The Hall–Kier alpha value is -0.610. The van der Waals surface area contributed by atoms with Gasteiger partial charge in [-0.05, 0) is 33.4 Å². The fraction of sp³-hybridized carbons (Fsp3) is 0.909. The van der Waals surface area contributed by atoms with Crippen molar-refractivity contribution in [3.63, 3.8) is 0 Å². The van der Waals surface area contributed by atoms with Gasteiger partial charge in [0.1, 0.15) is 0 Å². The molecule has 0 aromatic heterocycles. The van der Waals surface area contributed by atoms with Crippen molar-refractivity contribution in [1.82, 2.24) is 9.80 Å². The molecule has 2 atom stereocenters. The second kappa shape index (κ2) is 5.47. The van der Waals surface area contributed by atoms with Crippen LogP contribution in [0.3, 0.4) is 0 Å². The van der Waals surface area contributed by atoms with Gasteiger partial charge in [0, 0.05) is 19.1 Å². The number of hydrogen-bond acceptors (Lipinski definition) is 3. The van der Waals surface area contributed by atoms with Crippen LogP contribution in [0, 0.1) is 0 Å². The lowest BCUT2D eigenvalue weighted by molar-refractivity contribution is -0.143. The maximum atomic E-state index is 12.1. The van der Waals surface area contributed by atoms with Crippen molar-refractivity contribution in [2.24, 2.45) is 5.73 Å². The second-order valence-corrected chi connectivity index (χ2v) is 4.39. The van der Waals surface area contributed by atoms with Crippen LogP contribution >= 0.6 is 0 Å². The molecule has 1 rings (SSSR count). The summed E-state index contributed by atoms with van der Waals surface area (Å²) in [5, 5.41) is 0. The van der Waals surface area contributed by atoms with Crippen LogP contribution in [0.2, 0.25) is 0 Å². The van der Waals surface area contributed by atoms with E-state index in [4.69, 9.17) is 5.73 Å². The number of likely N-dealkylation sites (N-methyl/N-ethyl adjacent to an activating group) is 1. The van der Waals surface area contributed by atoms with E-state index >= 15 is 0 Å². The van der Waals surface area contributed by atoms with Gasteiger partial charge in [-0.1, -0.05) is 6.92 Å². The third-order valence-electron chi connectivity index (χ3n) is 3.20. The zero-order valence-electron chi connectivity index (χ0n) is 10.1. The number of amides is 1. The minimum Gasteiger partial charge on any atom is -0.340 e. The van der Waals surface area contributed by atoms with Gasteiger partial charge in [0.05, 0.1) is 6.04 Å². The Morgan fingerprint density at radius 3 is 2.73 bits per heavy atom. The molecule has 0 radical (unpaired) electrons. The molecule has 4 nitrogen and oxygen atoms in total. The molecule has 1 heterocycles. The minimum absolute atomic E-state index is 0.00898. The van der Waals surface area contributed by atoms with E-state index in [1.165, 1.54) is 0 Å². The molecule has 0 aliphatic carbocycles. The van der Waals surface area contributed by atoms with Crippen LogP contribution in [0.4, 0.5) is 0 Å². The number of piperazine rings is 1. The molecule has 0 bridgehead atoms. The van der Waals surface area contributed by atoms with Crippen LogP contribution in [0.5, 0.6) is 0 Å². The Balaban J connectivity index is 2.70. The first-order chi connectivity index (χ1) is 7.11. The van der Waals surface area contributed by atoms with Gasteiger partial charge in [0.2, 0.25) is 5.91 Å². The minimum atomic E-state index is -0.00898. The van der Waals surface area contributed by atoms with E-state index in [9.17, 15) is 4.79 Å². The van der Waals surface area contributed by atoms with E-state index < -0.39 is 0 Å². The number of nitrogens with two attached hydrogens (primary N) is 1. The fourth-order valence-electron chi connectivity index (χ4n) is 2.19. The third kappa shape index (κ3) is 2.69. The van der Waals surface area contributed by atoms with Crippen LogP contribution in [-0.4, -0.2) is 54.5 Å². The van der Waals surface area contributed by atoms with Gasteiger partial charge in [-0.15, -0.1) is 0 Å². The van der Waals surface area contributed by atoms with Gasteiger partial charge < -0.3 is 10.6 Å². The molecule has 0 aromatic carbocycles. The van der Waals surface area contributed by atoms with Crippen molar-refractivity contribution < 1.29 is 4.79 Å². The Bertz CT molecular complexity index is 220. The van der Waals surface area contributed by atoms with Crippen molar-refractivity contribution >= 4 is 5.91 Å². The number of carbonyl (C=O) groups excluding carboxylic acids is 1. The molecule has 1 aliphatic rings. The fourth-order valence-corrected chi connectivity index (χ4v) is 2.19. The molecule has 2 N–H and O–H groups in total. The SMILES string of the molecule is CCCN1CC(C)N(C)C(CCN)C1=O. The first-order valence-corrected chi connectivity index (χ1v) is 5.82. The van der Waals surface area contributed by atoms with E-state index in [0.29, 0.717) is 12.6 Å². The molecule has 1 saturated heterocycles. The Kier molecular flexibility index (Phi) is 4.54. The molecule has 0 spiro atoms. The number of rotatable bonds is 4.